The SMILES string of the molecule is CCNC1CN(C/C=C\COC)S(=O)(=O)c2sc(S(N)(=O)=O)cc21.Cl. The maximum absolute atomic E-state index is 12.8. The van der Waals surface area contributed by atoms with Gasteiger partial charge < -0.3 is 10.1 Å². The van der Waals surface area contributed by atoms with E-state index in [1.54, 1.807) is 19.3 Å². The van der Waals surface area contributed by atoms with E-state index in [-0.39, 0.29) is 40.0 Å². The molecule has 0 fully saturated rings. The van der Waals surface area contributed by atoms with Gasteiger partial charge in [0, 0.05) is 31.8 Å². The minimum atomic E-state index is -3.95. The molecule has 25 heavy (non-hydrogen) atoms. The average Bonchev–Trinajstić information content (AvgIpc) is 2.95. The number of nitrogens with zero attached hydrogens (tertiary/aromatic N) is 1. The molecule has 0 spiro atoms. The van der Waals surface area contributed by atoms with Crippen molar-refractivity contribution in [1.29, 1.82) is 0 Å². The highest BCUT2D eigenvalue weighted by atomic mass is 35.5. The van der Waals surface area contributed by atoms with Crippen molar-refractivity contribution in [2.24, 2.45) is 5.14 Å². The predicted molar refractivity (Wildman–Crippen MR) is 99.1 cm³/mol. The number of nitrogens with two attached hydrogens (primary N) is 1. The molecule has 0 amide bonds. The van der Waals surface area contributed by atoms with E-state index >= 15 is 0 Å². The van der Waals surface area contributed by atoms with Gasteiger partial charge in [-0.25, -0.2) is 22.0 Å². The second kappa shape index (κ2) is 8.91. The van der Waals surface area contributed by atoms with Crippen molar-refractivity contribution in [2.45, 2.75) is 21.4 Å². The molecular weight excluding hydrogens is 410 g/mol. The Morgan fingerprint density at radius 3 is 2.72 bits per heavy atom. The predicted octanol–water partition coefficient (Wildman–Crippen LogP) is 0.675. The van der Waals surface area contributed by atoms with Gasteiger partial charge in [0.15, 0.2) is 0 Å². The summed E-state index contributed by atoms with van der Waals surface area (Å²) in [5.41, 5.74) is 0.461. The van der Waals surface area contributed by atoms with E-state index < -0.39 is 20.0 Å². The Balaban J connectivity index is 0.00000312. The molecule has 1 aliphatic heterocycles. The molecule has 0 saturated heterocycles. The number of likely N-dealkylation sites (N-methyl/N-ethyl adjacent to an activating group) is 1. The number of hydrogen-bond acceptors (Lipinski definition) is 7. The minimum Gasteiger partial charge on any atom is -0.381 e. The molecule has 2 heterocycles. The van der Waals surface area contributed by atoms with Crippen LogP contribution in [0.25, 0.3) is 0 Å². The molecule has 8 nitrogen and oxygen atoms in total. The number of halogens is 1. The van der Waals surface area contributed by atoms with E-state index in [2.05, 4.69) is 5.32 Å². The number of sulfonamides is 2. The molecule has 0 saturated carbocycles. The van der Waals surface area contributed by atoms with Crippen molar-refractivity contribution in [3.05, 3.63) is 23.8 Å². The first kappa shape index (κ1) is 22.5. The summed E-state index contributed by atoms with van der Waals surface area (Å²) in [6.07, 6.45) is 3.45. The van der Waals surface area contributed by atoms with E-state index in [0.717, 1.165) is 0 Å². The molecule has 0 aromatic carbocycles. The van der Waals surface area contributed by atoms with Gasteiger partial charge >= 0.3 is 0 Å². The minimum absolute atomic E-state index is 0. The normalized spacial score (nSPS) is 20.4. The second-order valence-corrected chi connectivity index (χ2v) is 10.2. The molecule has 0 aliphatic carbocycles. The summed E-state index contributed by atoms with van der Waals surface area (Å²) in [6, 6.07) is 1.08. The highest BCUT2D eigenvalue weighted by Crippen LogP contribution is 2.39. The lowest BCUT2D eigenvalue weighted by Gasteiger charge is -2.31. The van der Waals surface area contributed by atoms with Gasteiger partial charge in [-0.05, 0) is 12.6 Å². The molecule has 0 bridgehead atoms. The zero-order valence-electron chi connectivity index (χ0n) is 13.8. The standard InChI is InChI=1S/C13H21N3O5S3.ClH/c1-3-15-11-9-16(6-4-5-7-21-2)24(19,20)13-10(11)8-12(22-13)23(14,17)18;/h4-5,8,11,15H,3,6-7,9H2,1-2H3,(H2,14,17,18);1H/b5-4-;. The number of rotatable bonds is 7. The van der Waals surface area contributed by atoms with Crippen molar-refractivity contribution < 1.29 is 21.6 Å². The molecule has 2 rings (SSSR count). The van der Waals surface area contributed by atoms with Crippen LogP contribution in [0.1, 0.15) is 18.5 Å². The van der Waals surface area contributed by atoms with Gasteiger partial charge in [-0.3, -0.25) is 0 Å². The van der Waals surface area contributed by atoms with Gasteiger partial charge in [-0.2, -0.15) is 4.31 Å². The zero-order chi connectivity index (χ0) is 18.0. The Kier molecular flexibility index (Phi) is 8.02. The van der Waals surface area contributed by atoms with Crippen LogP contribution in [0.3, 0.4) is 0 Å². The van der Waals surface area contributed by atoms with E-state index in [1.807, 2.05) is 6.92 Å². The van der Waals surface area contributed by atoms with Crippen molar-refractivity contribution in [2.75, 3.05) is 33.4 Å². The summed E-state index contributed by atoms with van der Waals surface area (Å²) in [5, 5.41) is 8.34. The van der Waals surface area contributed by atoms with Crippen LogP contribution in [0.15, 0.2) is 26.6 Å². The van der Waals surface area contributed by atoms with Crippen LogP contribution < -0.4 is 10.5 Å². The molecule has 0 radical (unpaired) electrons. The molecule has 3 N–H and O–H groups in total. The van der Waals surface area contributed by atoms with Gasteiger partial charge in [0.05, 0.1) is 6.61 Å². The van der Waals surface area contributed by atoms with Gasteiger partial charge in [-0.15, -0.1) is 23.7 Å². The largest absolute Gasteiger partial charge is 0.381 e. The molecule has 144 valence electrons. The molecule has 1 unspecified atom stereocenters. The summed E-state index contributed by atoms with van der Waals surface area (Å²) < 4.78 is 54.8. The fourth-order valence-electron chi connectivity index (χ4n) is 2.42. The monoisotopic (exact) mass is 431 g/mol. The summed E-state index contributed by atoms with van der Waals surface area (Å²) in [5.74, 6) is 0. The number of hydrogen-bond donors (Lipinski definition) is 2. The number of thiophene rings is 1. The third kappa shape index (κ3) is 5.01. The van der Waals surface area contributed by atoms with Crippen molar-refractivity contribution in [3.63, 3.8) is 0 Å². The number of methoxy groups -OCH3 is 1. The Bertz CT molecular complexity index is 820. The molecule has 1 atom stereocenters. The van der Waals surface area contributed by atoms with E-state index in [9.17, 15) is 16.8 Å². The van der Waals surface area contributed by atoms with Crippen LogP contribution in [0.5, 0.6) is 0 Å². The summed E-state index contributed by atoms with van der Waals surface area (Å²) in [4.78, 5) is 0. The fourth-order valence-corrected chi connectivity index (χ4v) is 6.64. The lowest BCUT2D eigenvalue weighted by Crippen LogP contribution is -2.43. The maximum atomic E-state index is 12.8. The Labute approximate surface area is 158 Å². The van der Waals surface area contributed by atoms with Crippen molar-refractivity contribution in [3.8, 4) is 0 Å². The first-order chi connectivity index (χ1) is 11.2. The van der Waals surface area contributed by atoms with Gasteiger partial charge in [0.1, 0.15) is 8.42 Å². The Morgan fingerprint density at radius 2 is 2.16 bits per heavy atom. The zero-order valence-corrected chi connectivity index (χ0v) is 17.1. The van der Waals surface area contributed by atoms with Crippen LogP contribution in [-0.2, 0) is 24.8 Å². The van der Waals surface area contributed by atoms with E-state index in [4.69, 9.17) is 9.88 Å². The van der Waals surface area contributed by atoms with Crippen LogP contribution in [-0.4, -0.2) is 54.5 Å². The third-order valence-corrected chi connectivity index (χ3v) is 8.44. The van der Waals surface area contributed by atoms with Crippen LogP contribution in [0, 0.1) is 0 Å². The second-order valence-electron chi connectivity index (χ2n) is 5.21. The third-order valence-electron chi connectivity index (χ3n) is 3.51. The average molecular weight is 432 g/mol. The summed E-state index contributed by atoms with van der Waals surface area (Å²) >= 11 is 0.695. The number of primary sulfonamides is 1. The smallest absolute Gasteiger partial charge is 0.253 e. The van der Waals surface area contributed by atoms with Gasteiger partial charge in [0.25, 0.3) is 10.0 Å². The Hall–Kier alpha value is -0.530. The highest BCUT2D eigenvalue weighted by Gasteiger charge is 2.39. The van der Waals surface area contributed by atoms with Gasteiger partial charge in [0.2, 0.25) is 10.0 Å². The van der Waals surface area contributed by atoms with Gasteiger partial charge in [-0.1, -0.05) is 19.1 Å². The van der Waals surface area contributed by atoms with E-state index in [1.165, 1.54) is 10.4 Å². The quantitative estimate of drug-likeness (QED) is 0.612. The fraction of sp³-hybridized carbons (Fsp3) is 0.538. The Morgan fingerprint density at radius 1 is 1.48 bits per heavy atom. The first-order valence-corrected chi connectivity index (χ1v) is 11.1. The van der Waals surface area contributed by atoms with Crippen LogP contribution in [0.4, 0.5) is 0 Å². The van der Waals surface area contributed by atoms with Crippen LogP contribution >= 0.6 is 23.7 Å². The lowest BCUT2D eigenvalue weighted by atomic mass is 10.1. The molecule has 12 heteroatoms. The topological polar surface area (TPSA) is 119 Å². The maximum Gasteiger partial charge on any atom is 0.253 e. The van der Waals surface area contributed by atoms with Crippen molar-refractivity contribution in [1.82, 2.24) is 9.62 Å². The van der Waals surface area contributed by atoms with Crippen molar-refractivity contribution >= 4 is 43.8 Å². The summed E-state index contributed by atoms with van der Waals surface area (Å²) in [6.45, 7) is 3.33. The molecule has 1 aliphatic rings. The molecular formula is C13H22ClN3O5S3. The summed E-state index contributed by atoms with van der Waals surface area (Å²) in [7, 11) is -6.16. The lowest BCUT2D eigenvalue weighted by molar-refractivity contribution is 0.233. The van der Waals surface area contributed by atoms with E-state index in [0.29, 0.717) is 30.1 Å². The number of nitrogens with one attached hydrogen (secondary N) is 1. The van der Waals surface area contributed by atoms with Crippen LogP contribution in [0.2, 0.25) is 0 Å². The number of ether oxygens (including phenoxy) is 1. The number of fused-ring (bicyclic) bond motifs is 1. The first-order valence-electron chi connectivity index (χ1n) is 7.25. The molecule has 1 aromatic rings. The molecule has 1 aromatic heterocycles. The highest BCUT2D eigenvalue weighted by molar-refractivity contribution is 7.94.